The first-order chi connectivity index (χ1) is 59.7. The molecular formula is C80H90N26O18. The molecule has 7 aliphatic rings. The van der Waals surface area contributed by atoms with Crippen molar-refractivity contribution in [1.82, 2.24) is 96.9 Å². The molecule has 44 nitrogen and oxygen atoms in total. The van der Waals surface area contributed by atoms with Crippen LogP contribution in [-0.4, -0.2) is 157 Å². The van der Waals surface area contributed by atoms with Gasteiger partial charge in [0.15, 0.2) is 23.3 Å². The zero-order valence-electron chi connectivity index (χ0n) is 67.6. The predicted octanol–water partition coefficient (Wildman–Crippen LogP) is 9.22. The number of hydrogen-bond acceptors (Lipinski definition) is 28. The van der Waals surface area contributed by atoms with E-state index in [-0.39, 0.29) is 56.7 Å². The number of anilines is 4. The summed E-state index contributed by atoms with van der Waals surface area (Å²) >= 11 is 0. The highest BCUT2D eigenvalue weighted by molar-refractivity contribution is 5.89. The van der Waals surface area contributed by atoms with Crippen molar-refractivity contribution in [2.24, 2.45) is 5.92 Å². The number of carboxylic acid groups (broad SMARTS) is 1. The van der Waals surface area contributed by atoms with Gasteiger partial charge in [-0.15, -0.1) is 5.10 Å². The molecule has 0 saturated heterocycles. The highest BCUT2D eigenvalue weighted by Gasteiger charge is 2.31. The van der Waals surface area contributed by atoms with Crippen LogP contribution in [0.4, 0.5) is 39.4 Å². The van der Waals surface area contributed by atoms with Gasteiger partial charge < -0.3 is 61.2 Å². The smallest absolute Gasteiger partial charge is 0.411 e. The molecule has 648 valence electrons. The Morgan fingerprint density at radius 2 is 0.839 bits per heavy atom. The number of aromatic nitrogens is 20. The lowest BCUT2D eigenvalue weighted by molar-refractivity contribution is -0.389. The van der Waals surface area contributed by atoms with Gasteiger partial charge >= 0.3 is 41.3 Å². The molecule has 9 N–H and O–H groups in total. The number of hydrogen-bond donors (Lipinski definition) is 6. The predicted molar refractivity (Wildman–Crippen MR) is 445 cm³/mol. The fraction of sp³-hybridized carbons (Fsp3) is 0.338. The fourth-order valence-electron chi connectivity index (χ4n) is 11.4. The fourth-order valence-corrected chi connectivity index (χ4v) is 11.4. The Kier molecular flexibility index (Phi) is 28.5. The number of rotatable bonds is 19. The molecule has 44 heteroatoms. The second kappa shape index (κ2) is 40.4. The summed E-state index contributed by atoms with van der Waals surface area (Å²) in [6.07, 6.45) is 37.6. The normalized spacial score (nSPS) is 14.4. The zero-order chi connectivity index (χ0) is 88.3. The molecule has 7 fully saturated rings. The quantitative estimate of drug-likeness (QED) is 0.0190. The number of amides is 1. The number of carbonyl (C=O) groups excluding carboxylic acids is 3. The van der Waals surface area contributed by atoms with E-state index in [0.29, 0.717) is 83.8 Å². The molecule has 0 radical (unpaired) electrons. The number of nitrogens with zero attached hydrogens (tertiary/aromatic N) is 21. The molecule has 0 spiro atoms. The SMILES string of the molecule is CC(C)COC(=O)Nc1cccn(-c2ccn(C3CC3)n2)c1=O.COC(=O)c1cccn(-c2ccn(C3CC3)n2)c1=O.COC(=O)c1cccoc1=O.Nc1cccn(-c2ccn(C3CC3)n2)c1=O.Nc1ccn(C2CC2)n1.Nc1ccn(C2CC2)n1.O=C(O)c1cccn(-c2ccn(C3CC3)n2)c1=O.O=[N+]([O-])c1ccn(C2CC2)n1.O=[N+]([O-])c1ccn[nH]1. The van der Waals surface area contributed by atoms with E-state index in [1.807, 2.05) is 97.3 Å². The maximum absolute atomic E-state index is 12.5. The van der Waals surface area contributed by atoms with Gasteiger partial charge in [-0.05, 0) is 178 Å². The summed E-state index contributed by atoms with van der Waals surface area (Å²) in [7, 11) is 2.45. The van der Waals surface area contributed by atoms with Crippen LogP contribution in [0.25, 0.3) is 23.3 Å². The largest absolute Gasteiger partial charge is 0.477 e. The van der Waals surface area contributed by atoms with Crippen LogP contribution >= 0.6 is 0 Å². The lowest BCUT2D eigenvalue weighted by Gasteiger charge is -2.09. The second-order valence-corrected chi connectivity index (χ2v) is 29.4. The van der Waals surface area contributed by atoms with Gasteiger partial charge in [0.2, 0.25) is 0 Å². The first kappa shape index (κ1) is 87.6. The standard InChI is InChI=1S/C16H20N4O3.C13H13N3O3.C12H11N3O3.C11H12N4O.C7H6O4.C6H7N3O2.2C6H9N3.C3H3N3O2/c1-11(2)10-23-16(22)17-13-4-3-8-19(15(13)21)14-7-9-20(18-14)12-5-6-12;1-19-13(18)10-3-2-7-15(12(10)17)11-6-8-16(14-11)9-4-5-9;16-11-9(12(17)18)2-1-6-14(11)10-5-7-15(13-10)8-3-4-8;12-9-2-1-6-14(11(9)16)10-5-7-15(13-10)8-3-4-8;1-10-6(8)5-3-2-4-11-7(5)9;10-9(11)6-3-4-8(7-6)5-1-2-5;2*7-6-3-4-9(8-6)5-1-2-5;7-6(8)3-1-2-4-5-3/h3-4,7-9,11-12H,5-6,10H2,1-2H3,(H,17,22);2-3,6-9H,4-5H2,1H3;1-2,5-8H,3-4H2,(H,17,18);1-2,5-8H,3-4,12H2;2-4H,1H3;3-5H,1-2H2;2*3-5H,1-2H2,(H2,7,8);1-2H,(H,4,5). The van der Waals surface area contributed by atoms with Crippen LogP contribution < -0.4 is 50.4 Å². The maximum atomic E-state index is 12.5. The van der Waals surface area contributed by atoms with Gasteiger partial charge in [0.1, 0.15) is 34.0 Å². The summed E-state index contributed by atoms with van der Waals surface area (Å²) in [6.45, 7) is 4.19. The van der Waals surface area contributed by atoms with Crippen molar-refractivity contribution in [2.75, 3.05) is 43.3 Å². The summed E-state index contributed by atoms with van der Waals surface area (Å²) in [4.78, 5) is 123. The van der Waals surface area contributed by atoms with Crippen LogP contribution in [0.2, 0.25) is 0 Å². The Morgan fingerprint density at radius 3 is 1.20 bits per heavy atom. The molecule has 1 amide bonds. The minimum absolute atomic E-state index is 0.00553. The molecule has 13 aromatic rings. The zero-order valence-corrected chi connectivity index (χ0v) is 67.6. The first-order valence-electron chi connectivity index (χ1n) is 39.4. The Morgan fingerprint density at radius 1 is 0.468 bits per heavy atom. The lowest BCUT2D eigenvalue weighted by Crippen LogP contribution is -2.25. The maximum Gasteiger partial charge on any atom is 0.411 e. The van der Waals surface area contributed by atoms with Crippen LogP contribution in [0.5, 0.6) is 0 Å². The number of H-pyrrole nitrogens is 1. The van der Waals surface area contributed by atoms with E-state index in [0.717, 1.165) is 51.4 Å². The molecule has 0 unspecified atom stereocenters. The molecular weight excluding hydrogens is 1610 g/mol. The third kappa shape index (κ3) is 24.5. The summed E-state index contributed by atoms with van der Waals surface area (Å²) < 4.78 is 36.8. The van der Waals surface area contributed by atoms with Gasteiger partial charge in [-0.25, -0.2) is 24.0 Å². The number of nitrogen functional groups attached to an aromatic ring is 3. The van der Waals surface area contributed by atoms with Crippen LogP contribution in [0.15, 0.2) is 218 Å². The number of pyridine rings is 4. The third-order valence-electron chi connectivity index (χ3n) is 18.9. The Labute approximate surface area is 702 Å². The average Bonchev–Trinajstić information content (AvgIpc) is 1.64. The number of ether oxygens (including phenoxy) is 3. The van der Waals surface area contributed by atoms with Crippen LogP contribution in [0, 0.1) is 26.1 Å². The number of nitrogens with two attached hydrogens (primary N) is 3. The third-order valence-corrected chi connectivity index (χ3v) is 18.9. The van der Waals surface area contributed by atoms with Crippen molar-refractivity contribution in [3.05, 3.63) is 279 Å². The minimum atomic E-state index is -1.23. The summed E-state index contributed by atoms with van der Waals surface area (Å²) in [5, 5.41) is 66.3. The number of methoxy groups -OCH3 is 2. The van der Waals surface area contributed by atoms with Crippen LogP contribution in [0.1, 0.15) is 177 Å². The summed E-state index contributed by atoms with van der Waals surface area (Å²) in [6, 6.07) is 32.3. The van der Waals surface area contributed by atoms with Gasteiger partial charge in [0.25, 0.3) is 22.2 Å². The van der Waals surface area contributed by atoms with Crippen LogP contribution in [-0.2, 0) is 14.2 Å². The van der Waals surface area contributed by atoms with Gasteiger partial charge in [-0.3, -0.25) is 70.9 Å². The molecule has 0 atom stereocenters. The van der Waals surface area contributed by atoms with Crippen LogP contribution in [0.3, 0.4) is 0 Å². The Balaban J connectivity index is 0.000000130. The minimum Gasteiger partial charge on any atom is -0.477 e. The van der Waals surface area contributed by atoms with Gasteiger partial charge in [0, 0.05) is 86.2 Å². The molecule has 7 saturated carbocycles. The lowest BCUT2D eigenvalue weighted by atomic mass is 10.2. The summed E-state index contributed by atoms with van der Waals surface area (Å²) in [5.41, 5.74) is 14.2. The molecule has 13 heterocycles. The molecule has 20 rings (SSSR count). The number of aromatic amines is 1. The highest BCUT2D eigenvalue weighted by atomic mass is 16.6. The molecule has 7 aliphatic carbocycles. The molecule has 0 aromatic carbocycles. The highest BCUT2D eigenvalue weighted by Crippen LogP contribution is 2.38. The number of nitrogens with one attached hydrogen (secondary N) is 2. The van der Waals surface area contributed by atoms with Crippen molar-refractivity contribution >= 4 is 58.6 Å². The van der Waals surface area contributed by atoms with Gasteiger partial charge in [-0.2, -0.15) is 35.3 Å². The van der Waals surface area contributed by atoms with Crippen molar-refractivity contribution in [2.45, 2.75) is 146 Å². The van der Waals surface area contributed by atoms with E-state index in [1.165, 1.54) is 132 Å². The van der Waals surface area contributed by atoms with Gasteiger partial charge in [0.05, 0.1) is 105 Å². The van der Waals surface area contributed by atoms with E-state index < -0.39 is 50.6 Å². The topological polar surface area (TPSA) is 564 Å². The van der Waals surface area contributed by atoms with Crippen molar-refractivity contribution < 1.29 is 52.8 Å². The molecule has 13 aromatic heterocycles. The van der Waals surface area contributed by atoms with E-state index >= 15 is 0 Å². The Hall–Kier alpha value is -15.7. The molecule has 124 heavy (non-hydrogen) atoms. The number of carbonyl (C=O) groups is 4. The van der Waals surface area contributed by atoms with E-state index in [1.54, 1.807) is 78.0 Å². The van der Waals surface area contributed by atoms with E-state index in [9.17, 15) is 63.4 Å². The van der Waals surface area contributed by atoms with Crippen molar-refractivity contribution in [1.29, 1.82) is 0 Å². The molecule has 0 aliphatic heterocycles. The van der Waals surface area contributed by atoms with Gasteiger partial charge in [-0.1, -0.05) is 18.9 Å². The average molecular weight is 1700 g/mol. The molecule has 0 bridgehead atoms. The van der Waals surface area contributed by atoms with E-state index in [2.05, 4.69) is 65.1 Å². The van der Waals surface area contributed by atoms with E-state index in [4.69, 9.17) is 27.0 Å². The number of carboxylic acids is 1. The Bertz CT molecular complexity index is 6110. The monoisotopic (exact) mass is 1700 g/mol. The number of nitro groups is 2. The first-order valence-corrected chi connectivity index (χ1v) is 39.4. The summed E-state index contributed by atoms with van der Waals surface area (Å²) in [5.74, 6) is 0.949. The van der Waals surface area contributed by atoms with Crippen molar-refractivity contribution in [3.63, 3.8) is 0 Å². The number of aromatic carboxylic acids is 1. The van der Waals surface area contributed by atoms with Crippen molar-refractivity contribution in [3.8, 4) is 23.3 Å². The second-order valence-electron chi connectivity index (χ2n) is 29.4. The number of esters is 2.